The van der Waals surface area contributed by atoms with Gasteiger partial charge in [-0.05, 0) is 86.0 Å². The zero-order valence-corrected chi connectivity index (χ0v) is 25.8. The number of nitrogens with zero attached hydrogens (tertiary/aromatic N) is 3. The van der Waals surface area contributed by atoms with Crippen LogP contribution in [-0.2, 0) is 16.1 Å². The summed E-state index contributed by atoms with van der Waals surface area (Å²) in [7, 11) is 1.57. The van der Waals surface area contributed by atoms with E-state index in [1.807, 2.05) is 51.1 Å². The Morgan fingerprint density at radius 2 is 1.69 bits per heavy atom. The molecule has 11 nitrogen and oxygen atoms in total. The van der Waals surface area contributed by atoms with Gasteiger partial charge >= 0.3 is 6.09 Å². The largest absolute Gasteiger partial charge is 0.493 e. The van der Waals surface area contributed by atoms with Gasteiger partial charge < -0.3 is 34.7 Å². The van der Waals surface area contributed by atoms with E-state index >= 15 is 0 Å². The van der Waals surface area contributed by atoms with Gasteiger partial charge in [-0.2, -0.15) is 0 Å². The number of aromatic nitrogens is 1. The lowest BCUT2D eigenvalue weighted by atomic mass is 10.0. The SMILES string of the molecule is COc1cc(-c2ccc(C(=O)N3CCN(C(=O)OC(C)(C)C)CC3)cc2)cc2cc(CNC(=O)/C=C/c3ccc(N)nc3)oc12. The molecule has 0 aliphatic carbocycles. The van der Waals surface area contributed by atoms with Crippen molar-refractivity contribution in [2.45, 2.75) is 32.9 Å². The van der Waals surface area contributed by atoms with E-state index in [4.69, 9.17) is 19.6 Å². The summed E-state index contributed by atoms with van der Waals surface area (Å²) in [5, 5.41) is 3.64. The normalized spacial score (nSPS) is 13.7. The number of furan rings is 1. The first-order valence-electron chi connectivity index (χ1n) is 14.6. The predicted molar refractivity (Wildman–Crippen MR) is 171 cm³/mol. The van der Waals surface area contributed by atoms with Gasteiger partial charge in [0.1, 0.15) is 17.2 Å². The van der Waals surface area contributed by atoms with Crippen LogP contribution >= 0.6 is 0 Å². The number of ether oxygens (including phenoxy) is 2. The Labute approximate surface area is 261 Å². The van der Waals surface area contributed by atoms with Crippen molar-refractivity contribution in [3.05, 3.63) is 83.8 Å². The van der Waals surface area contributed by atoms with Crippen molar-refractivity contribution >= 4 is 40.8 Å². The number of pyridine rings is 1. The average Bonchev–Trinajstić information content (AvgIpc) is 3.45. The number of anilines is 1. The van der Waals surface area contributed by atoms with E-state index in [0.717, 1.165) is 22.1 Å². The van der Waals surface area contributed by atoms with Crippen LogP contribution in [0.5, 0.6) is 5.75 Å². The molecule has 4 aromatic rings. The van der Waals surface area contributed by atoms with Crippen molar-refractivity contribution in [2.24, 2.45) is 0 Å². The van der Waals surface area contributed by atoms with Crippen LogP contribution in [0.1, 0.15) is 42.5 Å². The van der Waals surface area contributed by atoms with Crippen LogP contribution in [0.25, 0.3) is 28.2 Å². The number of amides is 3. The molecule has 1 aliphatic heterocycles. The maximum absolute atomic E-state index is 13.2. The van der Waals surface area contributed by atoms with Crippen LogP contribution in [0.4, 0.5) is 10.6 Å². The number of carbonyl (C=O) groups is 3. The third-order valence-corrected chi connectivity index (χ3v) is 7.21. The standard InChI is InChI=1S/C34H37N5O6/c1-34(2,3)45-33(42)39-15-13-38(14-16-39)32(41)24-9-7-23(8-10-24)25-17-26-18-27(44-31(26)28(19-25)43-4)21-37-30(40)12-6-22-5-11-29(35)36-20-22/h5-12,17-20H,13-16,21H2,1-4H3,(H2,35,36)(H,37,40)/b12-6+. The van der Waals surface area contributed by atoms with Gasteiger partial charge in [-0.25, -0.2) is 9.78 Å². The summed E-state index contributed by atoms with van der Waals surface area (Å²) in [6, 6.07) is 16.6. The molecule has 5 rings (SSSR count). The van der Waals surface area contributed by atoms with Crippen molar-refractivity contribution in [2.75, 3.05) is 39.0 Å². The third-order valence-electron chi connectivity index (χ3n) is 7.21. The van der Waals surface area contributed by atoms with E-state index in [1.165, 1.54) is 6.08 Å². The van der Waals surface area contributed by atoms with E-state index in [9.17, 15) is 14.4 Å². The first kappa shape index (κ1) is 31.1. The lowest BCUT2D eigenvalue weighted by Gasteiger charge is -2.35. The Hall–Kier alpha value is -5.32. The fourth-order valence-corrected chi connectivity index (χ4v) is 4.91. The molecule has 0 spiro atoms. The van der Waals surface area contributed by atoms with Crippen molar-refractivity contribution in [1.82, 2.24) is 20.1 Å². The summed E-state index contributed by atoms with van der Waals surface area (Å²) >= 11 is 0. The van der Waals surface area contributed by atoms with Crippen LogP contribution in [-0.4, -0.2) is 71.6 Å². The number of benzene rings is 2. The Kier molecular flexibility index (Phi) is 9.08. The van der Waals surface area contributed by atoms with Gasteiger partial charge in [0.15, 0.2) is 11.3 Å². The second kappa shape index (κ2) is 13.1. The smallest absolute Gasteiger partial charge is 0.410 e. The zero-order chi connectivity index (χ0) is 32.1. The molecule has 0 bridgehead atoms. The first-order chi connectivity index (χ1) is 21.5. The number of hydrogen-bond donors (Lipinski definition) is 2. The number of hydrogen-bond acceptors (Lipinski definition) is 8. The van der Waals surface area contributed by atoms with E-state index in [2.05, 4.69) is 10.3 Å². The van der Waals surface area contributed by atoms with Crippen LogP contribution in [0, 0.1) is 0 Å². The quantitative estimate of drug-likeness (QED) is 0.275. The van der Waals surface area contributed by atoms with Crippen molar-refractivity contribution in [3.8, 4) is 16.9 Å². The molecular formula is C34H37N5O6. The summed E-state index contributed by atoms with van der Waals surface area (Å²) < 4.78 is 17.1. The highest BCUT2D eigenvalue weighted by molar-refractivity contribution is 5.95. The van der Waals surface area contributed by atoms with Gasteiger partial charge in [-0.3, -0.25) is 9.59 Å². The molecule has 3 N–H and O–H groups in total. The van der Waals surface area contributed by atoms with Crippen LogP contribution in [0.2, 0.25) is 0 Å². The second-order valence-electron chi connectivity index (χ2n) is 11.7. The maximum atomic E-state index is 13.2. The molecule has 3 heterocycles. The van der Waals surface area contributed by atoms with Crippen molar-refractivity contribution < 1.29 is 28.3 Å². The molecule has 0 atom stereocenters. The van der Waals surface area contributed by atoms with Crippen molar-refractivity contribution in [3.63, 3.8) is 0 Å². The van der Waals surface area contributed by atoms with Gasteiger partial charge in [0, 0.05) is 49.4 Å². The summed E-state index contributed by atoms with van der Waals surface area (Å²) in [5.74, 6) is 1.18. The number of piperazine rings is 1. The maximum Gasteiger partial charge on any atom is 0.410 e. The molecule has 1 fully saturated rings. The predicted octanol–water partition coefficient (Wildman–Crippen LogP) is 5.11. The lowest BCUT2D eigenvalue weighted by Crippen LogP contribution is -2.51. The monoisotopic (exact) mass is 611 g/mol. The molecule has 45 heavy (non-hydrogen) atoms. The van der Waals surface area contributed by atoms with Crippen LogP contribution in [0.3, 0.4) is 0 Å². The lowest BCUT2D eigenvalue weighted by molar-refractivity contribution is -0.116. The van der Waals surface area contributed by atoms with Crippen LogP contribution < -0.4 is 15.8 Å². The molecule has 234 valence electrons. The minimum Gasteiger partial charge on any atom is -0.493 e. The number of nitrogens with one attached hydrogen (secondary N) is 1. The Balaban J connectivity index is 1.22. The number of nitrogens with two attached hydrogens (primary N) is 1. The molecule has 0 saturated carbocycles. The summed E-state index contributed by atoms with van der Waals surface area (Å²) in [4.78, 5) is 45.3. The van der Waals surface area contributed by atoms with Crippen LogP contribution in [0.15, 0.2) is 71.3 Å². The highest BCUT2D eigenvalue weighted by Gasteiger charge is 2.28. The molecule has 0 unspecified atom stereocenters. The molecule has 0 radical (unpaired) electrons. The van der Waals surface area contributed by atoms with E-state index in [0.29, 0.717) is 54.7 Å². The molecular weight excluding hydrogens is 574 g/mol. The zero-order valence-electron chi connectivity index (χ0n) is 25.8. The number of methoxy groups -OCH3 is 1. The van der Waals surface area contributed by atoms with Gasteiger partial charge in [0.25, 0.3) is 5.91 Å². The molecule has 11 heteroatoms. The Morgan fingerprint density at radius 1 is 0.978 bits per heavy atom. The minimum atomic E-state index is -0.562. The number of nitrogen functional groups attached to an aromatic ring is 1. The number of rotatable bonds is 7. The fourth-order valence-electron chi connectivity index (χ4n) is 4.91. The van der Waals surface area contributed by atoms with Gasteiger partial charge in [-0.15, -0.1) is 0 Å². The van der Waals surface area contributed by atoms with E-state index in [-0.39, 0.29) is 24.5 Å². The summed E-state index contributed by atoms with van der Waals surface area (Å²) in [6.45, 7) is 7.42. The van der Waals surface area contributed by atoms with Gasteiger partial charge in [0.2, 0.25) is 5.91 Å². The minimum absolute atomic E-state index is 0.0834. The van der Waals surface area contributed by atoms with E-state index in [1.54, 1.807) is 53.4 Å². The highest BCUT2D eigenvalue weighted by Crippen LogP contribution is 2.35. The summed E-state index contributed by atoms with van der Waals surface area (Å²) in [6.07, 6.45) is 4.31. The Morgan fingerprint density at radius 3 is 2.33 bits per heavy atom. The average molecular weight is 612 g/mol. The molecule has 1 saturated heterocycles. The molecule has 1 aliphatic rings. The van der Waals surface area contributed by atoms with Crippen molar-refractivity contribution in [1.29, 1.82) is 0 Å². The van der Waals surface area contributed by atoms with Gasteiger partial charge in [0.05, 0.1) is 13.7 Å². The number of fused-ring (bicyclic) bond motifs is 1. The fraction of sp³-hybridized carbons (Fsp3) is 0.294. The number of carbonyl (C=O) groups excluding carboxylic acids is 3. The van der Waals surface area contributed by atoms with Gasteiger partial charge in [-0.1, -0.05) is 12.1 Å². The second-order valence-corrected chi connectivity index (χ2v) is 11.7. The highest BCUT2D eigenvalue weighted by atomic mass is 16.6. The topological polar surface area (TPSA) is 140 Å². The molecule has 2 aromatic heterocycles. The summed E-state index contributed by atoms with van der Waals surface area (Å²) in [5.41, 5.74) is 8.73. The molecule has 2 aromatic carbocycles. The Bertz CT molecular complexity index is 1710. The molecule has 3 amide bonds. The first-order valence-corrected chi connectivity index (χ1v) is 14.6. The third kappa shape index (κ3) is 7.80. The van der Waals surface area contributed by atoms with E-state index < -0.39 is 5.60 Å².